The molecule has 0 unspecified atom stereocenters. The maximum Gasteiger partial charge on any atom is 0.296 e. The number of ether oxygens (including phenoxy) is 2. The second kappa shape index (κ2) is 9.01. The molecule has 2 aromatic rings. The predicted molar refractivity (Wildman–Crippen MR) is 108 cm³/mol. The van der Waals surface area contributed by atoms with Crippen LogP contribution in [0.15, 0.2) is 42.5 Å². The molecule has 1 aliphatic heterocycles. The van der Waals surface area contributed by atoms with Crippen LogP contribution < -0.4 is 14.8 Å². The van der Waals surface area contributed by atoms with Crippen molar-refractivity contribution in [2.45, 2.75) is 4.58 Å². The molecule has 142 valence electrons. The first-order chi connectivity index (χ1) is 13.1. The molecule has 0 saturated carbocycles. The molecule has 0 aliphatic carbocycles. The van der Waals surface area contributed by atoms with Crippen molar-refractivity contribution in [1.82, 2.24) is 0 Å². The fraction of sp³-hybridized carbons (Fsp3) is 0.278. The molecule has 1 fully saturated rings. The highest BCUT2D eigenvalue weighted by Crippen LogP contribution is 2.45. The molecule has 0 radical (unpaired) electrons. The van der Waals surface area contributed by atoms with Gasteiger partial charge in [0.2, 0.25) is 0 Å². The highest BCUT2D eigenvalue weighted by atomic mass is 32.2. The molecule has 3 rings (SSSR count). The Morgan fingerprint density at radius 3 is 2.48 bits per heavy atom. The van der Waals surface area contributed by atoms with Crippen LogP contribution in [0.25, 0.3) is 0 Å². The molecule has 0 atom stereocenters. The molecule has 0 spiro atoms. The molecule has 1 amide bonds. The SMILES string of the molecule is COc1ccc(NC(=O)COc2ccc(C3SCCS3)cc2)c([N+](=O)[O-])c1. The highest BCUT2D eigenvalue weighted by molar-refractivity contribution is 8.19. The van der Waals surface area contributed by atoms with E-state index >= 15 is 0 Å². The Hall–Kier alpha value is -2.39. The van der Waals surface area contributed by atoms with Crippen molar-refractivity contribution in [3.05, 3.63) is 58.1 Å². The normalized spacial score (nSPS) is 14.0. The number of hydrogen-bond donors (Lipinski definition) is 1. The minimum absolute atomic E-state index is 0.0973. The molecular weight excluding hydrogens is 388 g/mol. The number of nitro groups is 1. The number of carbonyl (C=O) groups is 1. The van der Waals surface area contributed by atoms with E-state index in [1.807, 2.05) is 47.8 Å². The first-order valence-electron chi connectivity index (χ1n) is 8.15. The van der Waals surface area contributed by atoms with Crippen LogP contribution in [-0.2, 0) is 4.79 Å². The van der Waals surface area contributed by atoms with Crippen LogP contribution in [-0.4, -0.2) is 36.1 Å². The number of thioether (sulfide) groups is 2. The molecule has 9 heteroatoms. The monoisotopic (exact) mass is 406 g/mol. The van der Waals surface area contributed by atoms with Gasteiger partial charge in [-0.2, -0.15) is 0 Å². The standard InChI is InChI=1S/C18H18N2O5S2/c1-24-14-6-7-15(16(10-14)20(22)23)19-17(21)11-25-13-4-2-12(3-5-13)18-26-8-9-27-18/h2-7,10,18H,8-9,11H2,1H3,(H,19,21). The summed E-state index contributed by atoms with van der Waals surface area (Å²) in [6.45, 7) is -0.241. The van der Waals surface area contributed by atoms with Crippen molar-refractivity contribution in [1.29, 1.82) is 0 Å². The van der Waals surface area contributed by atoms with Crippen LogP contribution in [0.3, 0.4) is 0 Å². The van der Waals surface area contributed by atoms with Gasteiger partial charge in [-0.3, -0.25) is 14.9 Å². The molecule has 27 heavy (non-hydrogen) atoms. The number of carbonyl (C=O) groups excluding carboxylic acids is 1. The number of hydrogen-bond acceptors (Lipinski definition) is 7. The quantitative estimate of drug-likeness (QED) is 0.547. The van der Waals surface area contributed by atoms with E-state index in [9.17, 15) is 14.9 Å². The van der Waals surface area contributed by atoms with Gasteiger partial charge in [0.25, 0.3) is 11.6 Å². The van der Waals surface area contributed by atoms with E-state index in [1.54, 1.807) is 6.07 Å². The van der Waals surface area contributed by atoms with Crippen molar-refractivity contribution in [2.24, 2.45) is 0 Å². The summed E-state index contributed by atoms with van der Waals surface area (Å²) in [5.41, 5.74) is 1.09. The molecule has 1 N–H and O–H groups in total. The summed E-state index contributed by atoms with van der Waals surface area (Å²) in [6.07, 6.45) is 0. The van der Waals surface area contributed by atoms with Gasteiger partial charge in [0, 0.05) is 11.5 Å². The second-order valence-electron chi connectivity index (χ2n) is 5.62. The Morgan fingerprint density at radius 1 is 1.19 bits per heavy atom. The fourth-order valence-electron chi connectivity index (χ4n) is 2.50. The summed E-state index contributed by atoms with van der Waals surface area (Å²) in [7, 11) is 1.42. The van der Waals surface area contributed by atoms with Crippen LogP contribution in [0, 0.1) is 10.1 Å². The van der Waals surface area contributed by atoms with Crippen LogP contribution in [0.1, 0.15) is 10.1 Å². The molecule has 7 nitrogen and oxygen atoms in total. The number of methoxy groups -OCH3 is 1. The van der Waals surface area contributed by atoms with E-state index in [-0.39, 0.29) is 18.0 Å². The van der Waals surface area contributed by atoms with Gasteiger partial charge >= 0.3 is 0 Å². The van der Waals surface area contributed by atoms with Crippen LogP contribution in [0.4, 0.5) is 11.4 Å². The van der Waals surface area contributed by atoms with Gasteiger partial charge in [-0.25, -0.2) is 0 Å². The smallest absolute Gasteiger partial charge is 0.296 e. The van der Waals surface area contributed by atoms with Gasteiger partial charge < -0.3 is 14.8 Å². The summed E-state index contributed by atoms with van der Waals surface area (Å²) in [5, 5.41) is 13.7. The highest BCUT2D eigenvalue weighted by Gasteiger charge is 2.19. The van der Waals surface area contributed by atoms with E-state index in [1.165, 1.54) is 24.8 Å². The van der Waals surface area contributed by atoms with E-state index in [4.69, 9.17) is 9.47 Å². The largest absolute Gasteiger partial charge is 0.496 e. The third-order valence-electron chi connectivity index (χ3n) is 3.82. The Morgan fingerprint density at radius 2 is 1.85 bits per heavy atom. The van der Waals surface area contributed by atoms with Gasteiger partial charge in [0.05, 0.1) is 22.7 Å². The molecule has 1 aliphatic rings. The molecule has 1 heterocycles. The topological polar surface area (TPSA) is 90.7 Å². The number of nitrogens with zero attached hydrogens (tertiary/aromatic N) is 1. The van der Waals surface area contributed by atoms with Gasteiger partial charge in [0.1, 0.15) is 17.2 Å². The summed E-state index contributed by atoms with van der Waals surface area (Å²) in [5.74, 6) is 2.76. The molecule has 1 saturated heterocycles. The Bertz CT molecular complexity index is 823. The number of rotatable bonds is 7. The Labute approximate surface area is 165 Å². The van der Waals surface area contributed by atoms with Crippen molar-refractivity contribution < 1.29 is 19.2 Å². The van der Waals surface area contributed by atoms with E-state index in [0.717, 1.165) is 11.5 Å². The lowest BCUT2D eigenvalue weighted by atomic mass is 10.2. The number of nitrogens with one attached hydrogen (secondary N) is 1. The zero-order valence-corrected chi connectivity index (χ0v) is 16.2. The zero-order chi connectivity index (χ0) is 19.2. The average Bonchev–Trinajstić information content (AvgIpc) is 3.21. The first kappa shape index (κ1) is 19.4. The maximum atomic E-state index is 12.1. The fourth-order valence-corrected chi connectivity index (χ4v) is 5.36. The zero-order valence-electron chi connectivity index (χ0n) is 14.5. The summed E-state index contributed by atoms with van der Waals surface area (Å²) < 4.78 is 10.9. The van der Waals surface area contributed by atoms with Gasteiger partial charge in [-0.05, 0) is 29.8 Å². The van der Waals surface area contributed by atoms with Gasteiger partial charge in [0.15, 0.2) is 6.61 Å². The molecule has 2 aromatic carbocycles. The van der Waals surface area contributed by atoms with Crippen molar-refractivity contribution in [2.75, 3.05) is 30.5 Å². The van der Waals surface area contributed by atoms with Crippen LogP contribution in [0.2, 0.25) is 0 Å². The molecule has 0 bridgehead atoms. The third-order valence-corrected chi connectivity index (χ3v) is 6.92. The Kier molecular flexibility index (Phi) is 6.46. The minimum atomic E-state index is -0.573. The summed E-state index contributed by atoms with van der Waals surface area (Å²) >= 11 is 3.84. The second-order valence-corrected chi connectivity index (χ2v) is 8.34. The lowest BCUT2D eigenvalue weighted by Gasteiger charge is -2.11. The number of benzene rings is 2. The van der Waals surface area contributed by atoms with Crippen molar-refractivity contribution in [3.63, 3.8) is 0 Å². The summed E-state index contributed by atoms with van der Waals surface area (Å²) in [4.78, 5) is 22.7. The van der Waals surface area contributed by atoms with E-state index in [0.29, 0.717) is 16.1 Å². The van der Waals surface area contributed by atoms with Crippen LogP contribution in [0.5, 0.6) is 11.5 Å². The third kappa shape index (κ3) is 5.08. The predicted octanol–water partition coefficient (Wildman–Crippen LogP) is 4.10. The Balaban J connectivity index is 1.57. The van der Waals surface area contributed by atoms with Crippen molar-refractivity contribution in [3.8, 4) is 11.5 Å². The molecule has 0 aromatic heterocycles. The summed E-state index contributed by atoms with van der Waals surface area (Å²) in [6, 6.07) is 11.9. The number of nitro benzene ring substituents is 1. The van der Waals surface area contributed by atoms with Crippen molar-refractivity contribution >= 4 is 40.8 Å². The average molecular weight is 406 g/mol. The molecular formula is C18H18N2O5S2. The number of anilines is 1. The van der Waals surface area contributed by atoms with Gasteiger partial charge in [-0.15, -0.1) is 23.5 Å². The van der Waals surface area contributed by atoms with Gasteiger partial charge in [-0.1, -0.05) is 12.1 Å². The minimum Gasteiger partial charge on any atom is -0.496 e. The van der Waals surface area contributed by atoms with E-state index < -0.39 is 10.8 Å². The first-order valence-corrected chi connectivity index (χ1v) is 10.2. The van der Waals surface area contributed by atoms with E-state index in [2.05, 4.69) is 5.32 Å². The lowest BCUT2D eigenvalue weighted by molar-refractivity contribution is -0.384. The lowest BCUT2D eigenvalue weighted by Crippen LogP contribution is -2.20. The van der Waals surface area contributed by atoms with Crippen LogP contribution >= 0.6 is 23.5 Å². The maximum absolute atomic E-state index is 12.1. The number of amides is 1.